The number of carbonyl (C=O) groups excluding carboxylic acids is 1. The predicted molar refractivity (Wildman–Crippen MR) is 62.7 cm³/mol. The van der Waals surface area contributed by atoms with E-state index in [1.165, 1.54) is 6.92 Å². The van der Waals surface area contributed by atoms with Crippen LogP contribution in [0.1, 0.15) is 33.6 Å². The molecule has 0 spiro atoms. The first-order valence-corrected chi connectivity index (χ1v) is 5.88. The maximum atomic E-state index is 12.1. The Morgan fingerprint density at radius 2 is 1.68 bits per heavy atom. The summed E-state index contributed by atoms with van der Waals surface area (Å²) in [6.45, 7) is 4.76. The lowest BCUT2D eigenvalue weighted by Crippen LogP contribution is -2.49. The Hall–Kier alpha value is -1.47. The highest BCUT2D eigenvalue weighted by molar-refractivity contribution is 5.82. The Labute approximate surface area is 109 Å². The van der Waals surface area contributed by atoms with Gasteiger partial charge in [-0.1, -0.05) is 13.8 Å². The number of carboxylic acids is 1. The molecule has 0 heterocycles. The molecule has 0 aromatic rings. The molecule has 112 valence electrons. The van der Waals surface area contributed by atoms with Crippen molar-refractivity contribution < 1.29 is 27.9 Å². The standard InChI is InChI=1S/C11H19F3N2O3/c1-6(2)4-8(9(17)18)16-10(19)15-7(3)5-11(12,13)14/h6-8H,4-5H2,1-3H3,(H,17,18)(H2,15,16,19)/t7?,8-/m0/s1. The van der Waals surface area contributed by atoms with Crippen LogP contribution in [0, 0.1) is 5.92 Å². The van der Waals surface area contributed by atoms with Gasteiger partial charge in [0, 0.05) is 6.04 Å². The smallest absolute Gasteiger partial charge is 0.391 e. The fourth-order valence-electron chi connectivity index (χ4n) is 1.51. The monoisotopic (exact) mass is 284 g/mol. The lowest BCUT2D eigenvalue weighted by molar-refractivity contribution is -0.140. The molecule has 5 nitrogen and oxygen atoms in total. The molecule has 0 rings (SSSR count). The van der Waals surface area contributed by atoms with Crippen molar-refractivity contribution in [2.24, 2.45) is 5.92 Å². The first kappa shape index (κ1) is 17.5. The second-order valence-electron chi connectivity index (χ2n) is 4.86. The van der Waals surface area contributed by atoms with E-state index in [4.69, 9.17) is 5.11 Å². The van der Waals surface area contributed by atoms with E-state index in [0.29, 0.717) is 0 Å². The summed E-state index contributed by atoms with van der Waals surface area (Å²) < 4.78 is 36.2. The molecule has 8 heteroatoms. The van der Waals surface area contributed by atoms with Crippen molar-refractivity contribution in [1.29, 1.82) is 0 Å². The minimum atomic E-state index is -4.38. The van der Waals surface area contributed by atoms with Crippen LogP contribution in [0.15, 0.2) is 0 Å². The number of nitrogens with one attached hydrogen (secondary N) is 2. The Morgan fingerprint density at radius 1 is 1.16 bits per heavy atom. The van der Waals surface area contributed by atoms with E-state index < -0.39 is 36.7 Å². The second-order valence-corrected chi connectivity index (χ2v) is 4.86. The van der Waals surface area contributed by atoms with Crippen LogP contribution in [-0.2, 0) is 4.79 Å². The number of hydrogen-bond acceptors (Lipinski definition) is 2. The lowest BCUT2D eigenvalue weighted by Gasteiger charge is -2.20. The number of rotatable bonds is 6. The summed E-state index contributed by atoms with van der Waals surface area (Å²) in [4.78, 5) is 22.2. The van der Waals surface area contributed by atoms with Gasteiger partial charge in [-0.3, -0.25) is 0 Å². The molecule has 0 aromatic carbocycles. The molecule has 3 N–H and O–H groups in total. The van der Waals surface area contributed by atoms with E-state index in [-0.39, 0.29) is 12.3 Å². The SMILES string of the molecule is CC(C)C[C@H](NC(=O)NC(C)CC(F)(F)F)C(=O)O. The minimum Gasteiger partial charge on any atom is -0.480 e. The van der Waals surface area contributed by atoms with Crippen molar-refractivity contribution in [1.82, 2.24) is 10.6 Å². The minimum absolute atomic E-state index is 0.0361. The topological polar surface area (TPSA) is 78.4 Å². The third-order valence-corrected chi connectivity index (χ3v) is 2.23. The maximum absolute atomic E-state index is 12.1. The molecular formula is C11H19F3N2O3. The summed E-state index contributed by atoms with van der Waals surface area (Å²) in [6.07, 6.45) is -5.34. The van der Waals surface area contributed by atoms with Crippen LogP contribution in [0.25, 0.3) is 0 Å². The normalized spacial score (nSPS) is 14.9. The maximum Gasteiger partial charge on any atom is 0.391 e. The van der Waals surface area contributed by atoms with E-state index in [9.17, 15) is 22.8 Å². The highest BCUT2D eigenvalue weighted by atomic mass is 19.4. The van der Waals surface area contributed by atoms with Gasteiger partial charge in [-0.15, -0.1) is 0 Å². The molecule has 2 amide bonds. The summed E-state index contributed by atoms with van der Waals surface area (Å²) in [7, 11) is 0. The van der Waals surface area contributed by atoms with Crippen LogP contribution in [0.2, 0.25) is 0 Å². The third-order valence-electron chi connectivity index (χ3n) is 2.23. The van der Waals surface area contributed by atoms with Gasteiger partial charge in [0.15, 0.2) is 0 Å². The van der Waals surface area contributed by atoms with Gasteiger partial charge in [-0.25, -0.2) is 9.59 Å². The summed E-state index contributed by atoms with van der Waals surface area (Å²) in [5.74, 6) is -1.18. The third kappa shape index (κ3) is 9.15. The van der Waals surface area contributed by atoms with Crippen molar-refractivity contribution in [3.8, 4) is 0 Å². The highest BCUT2D eigenvalue weighted by Gasteiger charge is 2.31. The first-order chi connectivity index (χ1) is 8.51. The average molecular weight is 284 g/mol. The van der Waals surface area contributed by atoms with Crippen molar-refractivity contribution >= 4 is 12.0 Å². The Morgan fingerprint density at radius 3 is 2.05 bits per heavy atom. The van der Waals surface area contributed by atoms with Crippen LogP contribution in [-0.4, -0.2) is 35.4 Å². The molecule has 0 aliphatic heterocycles. The molecule has 2 atom stereocenters. The zero-order valence-electron chi connectivity index (χ0n) is 11.0. The number of urea groups is 1. The Bertz CT molecular complexity index is 319. The van der Waals surface area contributed by atoms with Gasteiger partial charge in [-0.05, 0) is 19.3 Å². The molecule has 0 aromatic heterocycles. The second kappa shape index (κ2) is 7.20. The predicted octanol–water partition coefficient (Wildman–Crippen LogP) is 2.13. The van der Waals surface area contributed by atoms with Gasteiger partial charge >= 0.3 is 18.2 Å². The number of carboxylic acid groups (broad SMARTS) is 1. The van der Waals surface area contributed by atoms with Crippen molar-refractivity contribution in [3.63, 3.8) is 0 Å². The molecule has 0 saturated heterocycles. The van der Waals surface area contributed by atoms with Crippen LogP contribution in [0.4, 0.5) is 18.0 Å². The fourth-order valence-corrected chi connectivity index (χ4v) is 1.51. The Kier molecular flexibility index (Phi) is 6.64. The Balaban J connectivity index is 4.30. The van der Waals surface area contributed by atoms with Gasteiger partial charge in [0.1, 0.15) is 6.04 Å². The van der Waals surface area contributed by atoms with Crippen molar-refractivity contribution in [2.45, 2.75) is 51.9 Å². The van der Waals surface area contributed by atoms with E-state index in [0.717, 1.165) is 0 Å². The molecule has 0 aliphatic rings. The van der Waals surface area contributed by atoms with Gasteiger partial charge in [-0.2, -0.15) is 13.2 Å². The first-order valence-electron chi connectivity index (χ1n) is 5.88. The molecule has 0 radical (unpaired) electrons. The number of aliphatic carboxylic acids is 1. The summed E-state index contributed by atoms with van der Waals surface area (Å²) >= 11 is 0. The number of amides is 2. The molecule has 1 unspecified atom stereocenters. The van der Waals surface area contributed by atoms with E-state index >= 15 is 0 Å². The van der Waals surface area contributed by atoms with E-state index in [1.54, 1.807) is 13.8 Å². The zero-order valence-corrected chi connectivity index (χ0v) is 11.0. The molecular weight excluding hydrogens is 265 g/mol. The average Bonchev–Trinajstić information content (AvgIpc) is 2.11. The van der Waals surface area contributed by atoms with Crippen molar-refractivity contribution in [3.05, 3.63) is 0 Å². The number of halogens is 3. The van der Waals surface area contributed by atoms with Crippen LogP contribution in [0.5, 0.6) is 0 Å². The molecule has 19 heavy (non-hydrogen) atoms. The van der Waals surface area contributed by atoms with E-state index in [2.05, 4.69) is 10.6 Å². The van der Waals surface area contributed by atoms with Crippen LogP contribution < -0.4 is 10.6 Å². The molecule has 0 aliphatic carbocycles. The largest absolute Gasteiger partial charge is 0.480 e. The highest BCUT2D eigenvalue weighted by Crippen LogP contribution is 2.21. The van der Waals surface area contributed by atoms with Gasteiger partial charge < -0.3 is 15.7 Å². The summed E-state index contributed by atoms with van der Waals surface area (Å²) in [5, 5.41) is 13.1. The van der Waals surface area contributed by atoms with Gasteiger partial charge in [0.25, 0.3) is 0 Å². The van der Waals surface area contributed by atoms with Crippen LogP contribution >= 0.6 is 0 Å². The molecule has 0 bridgehead atoms. The van der Waals surface area contributed by atoms with Crippen LogP contribution in [0.3, 0.4) is 0 Å². The summed E-state index contributed by atoms with van der Waals surface area (Å²) in [6, 6.07) is -3.14. The number of alkyl halides is 3. The van der Waals surface area contributed by atoms with Gasteiger partial charge in [0.2, 0.25) is 0 Å². The van der Waals surface area contributed by atoms with Crippen molar-refractivity contribution in [2.75, 3.05) is 0 Å². The molecule has 0 fully saturated rings. The number of carbonyl (C=O) groups is 2. The lowest BCUT2D eigenvalue weighted by atomic mass is 10.0. The zero-order chi connectivity index (χ0) is 15.2. The fraction of sp³-hybridized carbons (Fsp3) is 0.818. The summed E-state index contributed by atoms with van der Waals surface area (Å²) in [5.41, 5.74) is 0. The van der Waals surface area contributed by atoms with Gasteiger partial charge in [0.05, 0.1) is 6.42 Å². The van der Waals surface area contributed by atoms with E-state index in [1.807, 2.05) is 0 Å². The molecule has 0 saturated carbocycles. The quantitative estimate of drug-likeness (QED) is 0.699. The number of hydrogen-bond donors (Lipinski definition) is 3.